The molecule has 0 spiro atoms. The third-order valence-corrected chi connectivity index (χ3v) is 5.24. The second-order valence-electron chi connectivity index (χ2n) is 7.05. The van der Waals surface area contributed by atoms with Gasteiger partial charge in [0.2, 0.25) is 5.91 Å². The monoisotopic (exact) mass is 304 g/mol. The van der Waals surface area contributed by atoms with E-state index in [0.29, 0.717) is 12.1 Å². The van der Waals surface area contributed by atoms with Crippen LogP contribution < -0.4 is 0 Å². The first kappa shape index (κ1) is 15.5. The predicted molar refractivity (Wildman–Crippen MR) is 86.5 cm³/mol. The Labute approximate surface area is 133 Å². The van der Waals surface area contributed by atoms with E-state index in [0.717, 1.165) is 43.7 Å². The molecule has 0 bridgehead atoms. The second kappa shape index (κ2) is 6.03. The highest BCUT2D eigenvalue weighted by Crippen LogP contribution is 2.33. The molecule has 1 amide bonds. The van der Waals surface area contributed by atoms with Crippen LogP contribution in [0.4, 0.5) is 0 Å². The summed E-state index contributed by atoms with van der Waals surface area (Å²) >= 11 is 0. The molecular weight excluding hydrogens is 276 g/mol. The second-order valence-corrected chi connectivity index (χ2v) is 7.05. The smallest absolute Gasteiger partial charge is 0.246 e. The molecule has 3 rings (SSSR count). The zero-order valence-electron chi connectivity index (χ0n) is 14.2. The van der Waals surface area contributed by atoms with Crippen molar-refractivity contribution in [3.63, 3.8) is 0 Å². The largest absolute Gasteiger partial charge is 0.338 e. The van der Waals surface area contributed by atoms with E-state index in [1.165, 1.54) is 6.42 Å². The molecule has 1 fully saturated rings. The lowest BCUT2D eigenvalue weighted by molar-refractivity contribution is -0.142. The number of hydrogen-bond donors (Lipinski definition) is 0. The summed E-state index contributed by atoms with van der Waals surface area (Å²) in [5.74, 6) is 0.269. The zero-order chi connectivity index (χ0) is 15.9. The van der Waals surface area contributed by atoms with Crippen LogP contribution in [0, 0.1) is 0 Å². The Morgan fingerprint density at radius 2 is 2.09 bits per heavy atom. The summed E-state index contributed by atoms with van der Waals surface area (Å²) in [5.41, 5.74) is 2.20. The van der Waals surface area contributed by atoms with Crippen LogP contribution in [0.5, 0.6) is 0 Å². The molecule has 3 heterocycles. The van der Waals surface area contributed by atoms with Gasteiger partial charge in [0.05, 0.1) is 17.7 Å². The average molecular weight is 304 g/mol. The lowest BCUT2D eigenvalue weighted by Gasteiger charge is -2.42. The van der Waals surface area contributed by atoms with Gasteiger partial charge >= 0.3 is 0 Å². The Balaban J connectivity index is 1.96. The van der Waals surface area contributed by atoms with Crippen molar-refractivity contribution in [3.8, 4) is 0 Å². The summed E-state index contributed by atoms with van der Waals surface area (Å²) in [6.45, 7) is 8.36. The van der Waals surface area contributed by atoms with E-state index in [4.69, 9.17) is 0 Å². The molecule has 1 saturated heterocycles. The third-order valence-electron chi connectivity index (χ3n) is 5.24. The van der Waals surface area contributed by atoms with Crippen LogP contribution in [-0.4, -0.2) is 50.4 Å². The number of imidazole rings is 1. The molecular formula is C17H28N4O. The fourth-order valence-corrected chi connectivity index (χ4v) is 3.95. The minimum absolute atomic E-state index is 0.170. The maximum atomic E-state index is 13.3. The van der Waals surface area contributed by atoms with E-state index in [2.05, 4.69) is 35.6 Å². The molecule has 0 N–H and O–H groups in total. The number of fused-ring (bicyclic) bond motifs is 1. The van der Waals surface area contributed by atoms with E-state index in [1.54, 1.807) is 0 Å². The predicted octanol–water partition coefficient (Wildman–Crippen LogP) is 2.13. The van der Waals surface area contributed by atoms with Crippen LogP contribution in [0.25, 0.3) is 0 Å². The van der Waals surface area contributed by atoms with E-state index in [1.807, 2.05) is 17.9 Å². The number of nitrogens with zero attached hydrogens (tertiary/aromatic N) is 4. The van der Waals surface area contributed by atoms with Gasteiger partial charge in [0.25, 0.3) is 0 Å². The Morgan fingerprint density at radius 1 is 1.32 bits per heavy atom. The van der Waals surface area contributed by atoms with Crippen molar-refractivity contribution in [2.75, 3.05) is 13.1 Å². The van der Waals surface area contributed by atoms with Crippen LogP contribution in [0.2, 0.25) is 0 Å². The van der Waals surface area contributed by atoms with E-state index >= 15 is 0 Å². The molecule has 2 unspecified atom stereocenters. The summed E-state index contributed by atoms with van der Waals surface area (Å²) in [5, 5.41) is 0. The highest BCUT2D eigenvalue weighted by Gasteiger charge is 2.40. The molecule has 5 nitrogen and oxygen atoms in total. The number of carbonyl (C=O) groups excluding carboxylic acids is 1. The molecule has 1 aromatic rings. The van der Waals surface area contributed by atoms with Crippen molar-refractivity contribution in [2.45, 2.75) is 64.6 Å². The first-order valence-electron chi connectivity index (χ1n) is 8.57. The third kappa shape index (κ3) is 2.56. The Bertz CT molecular complexity index is 551. The first-order chi connectivity index (χ1) is 10.5. The van der Waals surface area contributed by atoms with Gasteiger partial charge in [0, 0.05) is 38.6 Å². The van der Waals surface area contributed by atoms with Gasteiger partial charge in [0.1, 0.15) is 6.04 Å². The number of carbonyl (C=O) groups is 1. The standard InChI is InChI=1S/C17H28N4O/c1-12(2)20-10-8-14-15(19(4)11-18-14)16(20)17(22)21-9-6-5-7-13(21)3/h11-13,16H,5-10H2,1-4H3. The van der Waals surface area contributed by atoms with Gasteiger partial charge in [-0.25, -0.2) is 4.98 Å². The first-order valence-corrected chi connectivity index (χ1v) is 8.57. The van der Waals surface area contributed by atoms with Gasteiger partial charge in [0.15, 0.2) is 0 Å². The summed E-state index contributed by atoms with van der Waals surface area (Å²) in [6.07, 6.45) is 6.28. The van der Waals surface area contributed by atoms with Crippen molar-refractivity contribution < 1.29 is 4.79 Å². The quantitative estimate of drug-likeness (QED) is 0.840. The zero-order valence-corrected chi connectivity index (χ0v) is 14.2. The molecule has 22 heavy (non-hydrogen) atoms. The molecule has 2 aliphatic rings. The number of aryl methyl sites for hydroxylation is 1. The maximum absolute atomic E-state index is 13.3. The van der Waals surface area contributed by atoms with Crippen molar-refractivity contribution in [3.05, 3.63) is 17.7 Å². The molecule has 5 heteroatoms. The van der Waals surface area contributed by atoms with E-state index in [-0.39, 0.29) is 11.9 Å². The molecule has 0 saturated carbocycles. The maximum Gasteiger partial charge on any atom is 0.246 e. The SMILES string of the molecule is CC1CCCCN1C(=O)C1c2c(ncn2C)CCN1C(C)C. The number of hydrogen-bond acceptors (Lipinski definition) is 3. The highest BCUT2D eigenvalue weighted by atomic mass is 16.2. The number of piperidine rings is 1. The van der Waals surface area contributed by atoms with E-state index < -0.39 is 0 Å². The summed E-state index contributed by atoms with van der Waals surface area (Å²) < 4.78 is 2.04. The molecule has 0 aliphatic carbocycles. The highest BCUT2D eigenvalue weighted by molar-refractivity contribution is 5.84. The van der Waals surface area contributed by atoms with Gasteiger partial charge in [-0.15, -0.1) is 0 Å². The Kier molecular flexibility index (Phi) is 4.26. The van der Waals surface area contributed by atoms with Gasteiger partial charge in [-0.2, -0.15) is 0 Å². The Morgan fingerprint density at radius 3 is 2.77 bits per heavy atom. The van der Waals surface area contributed by atoms with Gasteiger partial charge in [-0.3, -0.25) is 9.69 Å². The minimum Gasteiger partial charge on any atom is -0.338 e. The Hall–Kier alpha value is -1.36. The van der Waals surface area contributed by atoms with Crippen molar-refractivity contribution in [1.82, 2.24) is 19.4 Å². The van der Waals surface area contributed by atoms with Crippen molar-refractivity contribution in [2.24, 2.45) is 7.05 Å². The average Bonchev–Trinajstić information content (AvgIpc) is 2.87. The van der Waals surface area contributed by atoms with Gasteiger partial charge in [-0.1, -0.05) is 0 Å². The summed E-state index contributed by atoms with van der Waals surface area (Å²) in [7, 11) is 2.01. The normalized spacial score (nSPS) is 26.3. The number of amides is 1. The van der Waals surface area contributed by atoms with Crippen LogP contribution in [0.3, 0.4) is 0 Å². The molecule has 0 radical (unpaired) electrons. The van der Waals surface area contributed by atoms with Gasteiger partial charge < -0.3 is 9.47 Å². The van der Waals surface area contributed by atoms with Crippen molar-refractivity contribution >= 4 is 5.91 Å². The molecule has 2 aliphatic heterocycles. The number of likely N-dealkylation sites (tertiary alicyclic amines) is 1. The molecule has 2 atom stereocenters. The summed E-state index contributed by atoms with van der Waals surface area (Å²) in [6, 6.07) is 0.544. The lowest BCUT2D eigenvalue weighted by Crippen LogP contribution is -2.52. The molecule has 0 aromatic carbocycles. The fraction of sp³-hybridized carbons (Fsp3) is 0.765. The summed E-state index contributed by atoms with van der Waals surface area (Å²) in [4.78, 5) is 22.3. The van der Waals surface area contributed by atoms with E-state index in [9.17, 15) is 4.79 Å². The molecule has 122 valence electrons. The van der Waals surface area contributed by atoms with Crippen LogP contribution in [0.15, 0.2) is 6.33 Å². The van der Waals surface area contributed by atoms with Crippen LogP contribution >= 0.6 is 0 Å². The van der Waals surface area contributed by atoms with Crippen molar-refractivity contribution in [1.29, 1.82) is 0 Å². The lowest BCUT2D eigenvalue weighted by atomic mass is 9.96. The fourth-order valence-electron chi connectivity index (χ4n) is 3.95. The topological polar surface area (TPSA) is 41.4 Å². The van der Waals surface area contributed by atoms with Gasteiger partial charge in [-0.05, 0) is 40.0 Å². The van der Waals surface area contributed by atoms with Crippen LogP contribution in [0.1, 0.15) is 57.5 Å². The molecule has 1 aromatic heterocycles. The minimum atomic E-state index is -0.170. The number of aromatic nitrogens is 2. The van der Waals surface area contributed by atoms with Crippen LogP contribution in [-0.2, 0) is 18.3 Å². The number of rotatable bonds is 2.